The third-order valence-electron chi connectivity index (χ3n) is 3.91. The lowest BCUT2D eigenvalue weighted by Crippen LogP contribution is -2.37. The molecule has 6 nitrogen and oxygen atoms in total. The van der Waals surface area contributed by atoms with E-state index in [1.165, 1.54) is 11.4 Å². The second kappa shape index (κ2) is 8.92. The average Bonchev–Trinajstić information content (AvgIpc) is 2.50. The molecule has 0 radical (unpaired) electrons. The van der Waals surface area contributed by atoms with Crippen LogP contribution < -0.4 is 14.4 Å². The number of hydrogen-bond acceptors (Lipinski definition) is 4. The van der Waals surface area contributed by atoms with Crippen LogP contribution in [0.15, 0.2) is 24.3 Å². The Kier molecular flexibility index (Phi) is 7.54. The van der Waals surface area contributed by atoms with Gasteiger partial charge < -0.3 is 10.1 Å². The van der Waals surface area contributed by atoms with E-state index in [2.05, 4.69) is 5.32 Å². The molecule has 0 aliphatic rings. The Morgan fingerprint density at radius 1 is 1.25 bits per heavy atom. The van der Waals surface area contributed by atoms with E-state index in [1.54, 1.807) is 24.3 Å². The SMILES string of the molecule is COc1ccccc1N(CCCC(=O)N[C@H](C)C(C)C)S(C)(=O)=O. The minimum atomic E-state index is -3.46. The first-order chi connectivity index (χ1) is 11.2. The lowest BCUT2D eigenvalue weighted by molar-refractivity contribution is -0.122. The van der Waals surface area contributed by atoms with E-state index in [0.29, 0.717) is 23.8 Å². The molecule has 7 heteroatoms. The first-order valence-electron chi connectivity index (χ1n) is 8.07. The molecule has 1 aromatic rings. The molecule has 0 aliphatic carbocycles. The third-order valence-corrected chi connectivity index (χ3v) is 5.09. The number of sulfonamides is 1. The lowest BCUT2D eigenvalue weighted by atomic mass is 10.1. The van der Waals surface area contributed by atoms with Gasteiger partial charge in [-0.15, -0.1) is 0 Å². The number of rotatable bonds is 9. The molecule has 136 valence electrons. The third kappa shape index (κ3) is 6.03. The second-order valence-electron chi connectivity index (χ2n) is 6.21. The van der Waals surface area contributed by atoms with Crippen LogP contribution in [-0.2, 0) is 14.8 Å². The van der Waals surface area contributed by atoms with Crippen molar-refractivity contribution >= 4 is 21.6 Å². The number of amides is 1. The van der Waals surface area contributed by atoms with Crippen LogP contribution >= 0.6 is 0 Å². The van der Waals surface area contributed by atoms with Crippen LogP contribution in [0, 0.1) is 5.92 Å². The summed E-state index contributed by atoms with van der Waals surface area (Å²) in [4.78, 5) is 11.9. The largest absolute Gasteiger partial charge is 0.495 e. The normalized spacial score (nSPS) is 12.8. The summed E-state index contributed by atoms with van der Waals surface area (Å²) in [7, 11) is -1.96. The second-order valence-corrected chi connectivity index (χ2v) is 8.12. The fourth-order valence-electron chi connectivity index (χ4n) is 2.18. The Morgan fingerprint density at radius 3 is 2.42 bits per heavy atom. The predicted molar refractivity (Wildman–Crippen MR) is 96.9 cm³/mol. The van der Waals surface area contributed by atoms with Gasteiger partial charge in [-0.25, -0.2) is 8.42 Å². The van der Waals surface area contributed by atoms with Crippen molar-refractivity contribution < 1.29 is 17.9 Å². The summed E-state index contributed by atoms with van der Waals surface area (Å²) >= 11 is 0. The van der Waals surface area contributed by atoms with Gasteiger partial charge in [0.25, 0.3) is 0 Å². The van der Waals surface area contributed by atoms with Crippen molar-refractivity contribution in [3.63, 3.8) is 0 Å². The molecule has 1 amide bonds. The van der Waals surface area contributed by atoms with Crippen molar-refractivity contribution in [3.8, 4) is 5.75 Å². The number of nitrogens with one attached hydrogen (secondary N) is 1. The molecule has 0 heterocycles. The first-order valence-corrected chi connectivity index (χ1v) is 9.91. The monoisotopic (exact) mass is 356 g/mol. The Bertz CT molecular complexity index is 644. The highest BCUT2D eigenvalue weighted by Gasteiger charge is 2.21. The van der Waals surface area contributed by atoms with Gasteiger partial charge in [-0.3, -0.25) is 9.10 Å². The molecule has 0 aromatic heterocycles. The van der Waals surface area contributed by atoms with Crippen molar-refractivity contribution in [2.24, 2.45) is 5.92 Å². The van der Waals surface area contributed by atoms with E-state index >= 15 is 0 Å². The molecule has 0 spiro atoms. The van der Waals surface area contributed by atoms with Gasteiger partial charge in [0.1, 0.15) is 5.75 Å². The quantitative estimate of drug-likeness (QED) is 0.737. The zero-order valence-electron chi connectivity index (χ0n) is 15.1. The molecule has 1 atom stereocenters. The number of para-hydroxylation sites is 2. The summed E-state index contributed by atoms with van der Waals surface area (Å²) in [5.74, 6) is 0.778. The van der Waals surface area contributed by atoms with E-state index in [1.807, 2.05) is 20.8 Å². The molecule has 1 rings (SSSR count). The minimum Gasteiger partial charge on any atom is -0.495 e. The molecule has 0 saturated carbocycles. The van der Waals surface area contributed by atoms with Crippen molar-refractivity contribution in [1.82, 2.24) is 5.32 Å². The first kappa shape index (κ1) is 20.3. The summed E-state index contributed by atoms with van der Waals surface area (Å²) in [5.41, 5.74) is 0.485. The van der Waals surface area contributed by atoms with Crippen LogP contribution in [-0.4, -0.2) is 40.3 Å². The summed E-state index contributed by atoms with van der Waals surface area (Å²) in [6.07, 6.45) is 1.86. The Morgan fingerprint density at radius 2 is 1.88 bits per heavy atom. The zero-order chi connectivity index (χ0) is 18.3. The van der Waals surface area contributed by atoms with E-state index < -0.39 is 10.0 Å². The van der Waals surface area contributed by atoms with Crippen LogP contribution in [0.2, 0.25) is 0 Å². The molecule has 1 aromatic carbocycles. The average molecular weight is 356 g/mol. The number of carbonyl (C=O) groups is 1. The number of hydrogen-bond donors (Lipinski definition) is 1. The van der Waals surface area contributed by atoms with Crippen LogP contribution in [0.4, 0.5) is 5.69 Å². The zero-order valence-corrected chi connectivity index (χ0v) is 15.9. The lowest BCUT2D eigenvalue weighted by Gasteiger charge is -2.24. The highest BCUT2D eigenvalue weighted by Crippen LogP contribution is 2.29. The summed E-state index contributed by atoms with van der Waals surface area (Å²) in [5, 5.41) is 2.92. The van der Waals surface area contributed by atoms with Crippen LogP contribution in [0.3, 0.4) is 0 Å². The molecule has 24 heavy (non-hydrogen) atoms. The van der Waals surface area contributed by atoms with Gasteiger partial charge in [-0.05, 0) is 31.4 Å². The van der Waals surface area contributed by atoms with E-state index in [0.717, 1.165) is 6.26 Å². The smallest absolute Gasteiger partial charge is 0.232 e. The molecule has 0 saturated heterocycles. The number of nitrogens with zero attached hydrogens (tertiary/aromatic N) is 1. The topological polar surface area (TPSA) is 75.7 Å². The standard InChI is InChI=1S/C17H28N2O4S/c1-13(2)14(3)18-17(20)11-8-12-19(24(5,21)22)15-9-6-7-10-16(15)23-4/h6-7,9-10,13-14H,8,11-12H2,1-5H3,(H,18,20)/t14-/m1/s1. The van der Waals surface area contributed by atoms with Gasteiger partial charge in [0.2, 0.25) is 15.9 Å². The van der Waals surface area contributed by atoms with Gasteiger partial charge in [-0.1, -0.05) is 26.0 Å². The van der Waals surface area contributed by atoms with Gasteiger partial charge in [0.05, 0.1) is 19.1 Å². The van der Waals surface area contributed by atoms with E-state index in [4.69, 9.17) is 4.74 Å². The van der Waals surface area contributed by atoms with Gasteiger partial charge in [0.15, 0.2) is 0 Å². The van der Waals surface area contributed by atoms with Crippen molar-refractivity contribution in [2.45, 2.75) is 39.7 Å². The minimum absolute atomic E-state index is 0.0651. The van der Waals surface area contributed by atoms with Crippen molar-refractivity contribution in [2.75, 3.05) is 24.2 Å². The van der Waals surface area contributed by atoms with Gasteiger partial charge in [0, 0.05) is 19.0 Å². The molecular formula is C17H28N2O4S. The molecule has 0 unspecified atom stereocenters. The van der Waals surface area contributed by atoms with Crippen molar-refractivity contribution in [3.05, 3.63) is 24.3 Å². The number of benzene rings is 1. The fraction of sp³-hybridized carbons (Fsp3) is 0.588. The predicted octanol–water partition coefficient (Wildman–Crippen LogP) is 2.40. The summed E-state index contributed by atoms with van der Waals surface area (Å²) in [6, 6.07) is 7.04. The van der Waals surface area contributed by atoms with Crippen LogP contribution in [0.5, 0.6) is 5.75 Å². The molecular weight excluding hydrogens is 328 g/mol. The van der Waals surface area contributed by atoms with E-state index in [9.17, 15) is 13.2 Å². The molecule has 0 aliphatic heterocycles. The highest BCUT2D eigenvalue weighted by atomic mass is 32.2. The number of anilines is 1. The number of methoxy groups -OCH3 is 1. The highest BCUT2D eigenvalue weighted by molar-refractivity contribution is 7.92. The number of ether oxygens (including phenoxy) is 1. The van der Waals surface area contributed by atoms with Crippen molar-refractivity contribution in [1.29, 1.82) is 0 Å². The Labute approximate surface area is 145 Å². The Hall–Kier alpha value is -1.76. The number of carbonyl (C=O) groups excluding carboxylic acids is 1. The van der Waals surface area contributed by atoms with Gasteiger partial charge in [-0.2, -0.15) is 0 Å². The maximum Gasteiger partial charge on any atom is 0.232 e. The van der Waals surface area contributed by atoms with Crippen LogP contribution in [0.25, 0.3) is 0 Å². The summed E-state index contributed by atoms with van der Waals surface area (Å²) < 4.78 is 30.8. The maximum absolute atomic E-state index is 12.1. The maximum atomic E-state index is 12.1. The van der Waals surface area contributed by atoms with E-state index in [-0.39, 0.29) is 24.9 Å². The summed E-state index contributed by atoms with van der Waals surface area (Å²) in [6.45, 7) is 6.26. The fourth-order valence-corrected chi connectivity index (χ4v) is 3.15. The van der Waals surface area contributed by atoms with Crippen LogP contribution in [0.1, 0.15) is 33.6 Å². The van der Waals surface area contributed by atoms with Gasteiger partial charge >= 0.3 is 0 Å². The molecule has 0 bridgehead atoms. The molecule has 1 N–H and O–H groups in total. The molecule has 0 fully saturated rings. The Balaban J connectivity index is 2.75.